The summed E-state index contributed by atoms with van der Waals surface area (Å²) in [6.07, 6.45) is 0. The van der Waals surface area contributed by atoms with Crippen LogP contribution in [0.1, 0.15) is 35.7 Å². The van der Waals surface area contributed by atoms with Crippen molar-refractivity contribution in [3.63, 3.8) is 0 Å². The van der Waals surface area contributed by atoms with Crippen LogP contribution in [0.2, 0.25) is 0 Å². The molecule has 0 saturated carbocycles. The van der Waals surface area contributed by atoms with Gasteiger partial charge in [0.25, 0.3) is 5.91 Å². The summed E-state index contributed by atoms with van der Waals surface area (Å²) in [6.45, 7) is 9.10. The zero-order chi connectivity index (χ0) is 14.0. The summed E-state index contributed by atoms with van der Waals surface area (Å²) in [5, 5.41) is 0. The molecule has 6 heteroatoms. The lowest BCUT2D eigenvalue weighted by molar-refractivity contribution is 0.0952. The largest absolute Gasteiger partial charge is 0.464 e. The molecule has 1 amide bonds. The molecule has 1 aliphatic heterocycles. The number of rotatable bonds is 3. The average molecular weight is 283 g/mol. The predicted octanol–water partition coefficient (Wildman–Crippen LogP) is 1.52. The van der Waals surface area contributed by atoms with Gasteiger partial charge in [-0.05, 0) is 26.8 Å². The van der Waals surface area contributed by atoms with E-state index in [0.717, 1.165) is 31.1 Å². The van der Waals surface area contributed by atoms with Crippen molar-refractivity contribution in [3.8, 4) is 0 Å². The van der Waals surface area contributed by atoms with E-state index < -0.39 is 0 Å². The van der Waals surface area contributed by atoms with Gasteiger partial charge in [-0.1, -0.05) is 0 Å². The molecule has 0 unspecified atom stereocenters. The Kier molecular flexibility index (Phi) is 4.23. The number of carbonyl (C=O) groups excluding carboxylic acids is 1. The van der Waals surface area contributed by atoms with Crippen LogP contribution in [-0.2, 0) is 6.54 Å². The number of thioether (sulfide) groups is 1. The fraction of sp³-hybridized carbons (Fsp3) is 0.615. The van der Waals surface area contributed by atoms with E-state index in [4.69, 9.17) is 10.3 Å². The molecule has 0 aromatic carbocycles. The molecule has 106 valence electrons. The van der Waals surface area contributed by atoms with E-state index in [1.165, 1.54) is 0 Å². The van der Waals surface area contributed by atoms with Crippen molar-refractivity contribution in [2.24, 2.45) is 5.84 Å². The number of nitrogens with one attached hydrogen (secondary N) is 1. The zero-order valence-corrected chi connectivity index (χ0v) is 12.5. The first kappa shape index (κ1) is 14.4. The fourth-order valence-corrected chi connectivity index (χ4v) is 3.57. The smallest absolute Gasteiger partial charge is 0.268 e. The lowest BCUT2D eigenvalue weighted by Gasteiger charge is -2.37. The van der Waals surface area contributed by atoms with Crippen molar-refractivity contribution in [2.75, 3.05) is 18.8 Å². The lowest BCUT2D eigenvalue weighted by Crippen LogP contribution is -2.42. The van der Waals surface area contributed by atoms with Gasteiger partial charge in [0, 0.05) is 23.6 Å². The van der Waals surface area contributed by atoms with Crippen LogP contribution < -0.4 is 11.3 Å². The number of hydrazine groups is 1. The zero-order valence-electron chi connectivity index (χ0n) is 11.7. The maximum absolute atomic E-state index is 11.5. The molecule has 1 aliphatic rings. The van der Waals surface area contributed by atoms with Crippen molar-refractivity contribution in [1.29, 1.82) is 0 Å². The molecule has 3 N–H and O–H groups in total. The third-order valence-corrected chi connectivity index (χ3v) is 4.53. The molecule has 0 spiro atoms. The van der Waals surface area contributed by atoms with Gasteiger partial charge in [-0.15, -0.1) is 0 Å². The van der Waals surface area contributed by atoms with E-state index in [-0.39, 0.29) is 10.7 Å². The minimum atomic E-state index is -0.304. The monoisotopic (exact) mass is 283 g/mol. The van der Waals surface area contributed by atoms with Gasteiger partial charge in [-0.2, -0.15) is 11.8 Å². The van der Waals surface area contributed by atoms with E-state index in [0.29, 0.717) is 11.3 Å². The number of amides is 1. The van der Waals surface area contributed by atoms with Gasteiger partial charge in [0.15, 0.2) is 0 Å². The third kappa shape index (κ3) is 3.52. The lowest BCUT2D eigenvalue weighted by atomic mass is 10.1. The molecule has 1 aromatic rings. The molecular weight excluding hydrogens is 262 g/mol. The first-order valence-corrected chi connectivity index (χ1v) is 7.36. The summed E-state index contributed by atoms with van der Waals surface area (Å²) in [4.78, 5) is 13.9. The quantitative estimate of drug-likeness (QED) is 0.500. The SMILES string of the molecule is Cc1oc(CN2CCSC(C)(C)C2)cc1C(=O)NN. The highest BCUT2D eigenvalue weighted by Gasteiger charge is 2.27. The first-order chi connectivity index (χ1) is 8.91. The summed E-state index contributed by atoms with van der Waals surface area (Å²) in [7, 11) is 0. The Morgan fingerprint density at radius 3 is 3.00 bits per heavy atom. The van der Waals surface area contributed by atoms with Crippen molar-refractivity contribution in [3.05, 3.63) is 23.2 Å². The minimum Gasteiger partial charge on any atom is -0.464 e. The molecule has 1 fully saturated rings. The topological polar surface area (TPSA) is 71.5 Å². The summed E-state index contributed by atoms with van der Waals surface area (Å²) >= 11 is 2.00. The summed E-state index contributed by atoms with van der Waals surface area (Å²) in [5.41, 5.74) is 2.65. The van der Waals surface area contributed by atoms with Gasteiger partial charge in [-0.3, -0.25) is 15.1 Å². The van der Waals surface area contributed by atoms with E-state index >= 15 is 0 Å². The third-order valence-electron chi connectivity index (χ3n) is 3.23. The van der Waals surface area contributed by atoms with Gasteiger partial charge in [-0.25, -0.2) is 5.84 Å². The molecular formula is C13H21N3O2S. The number of hydrogen-bond acceptors (Lipinski definition) is 5. The highest BCUT2D eigenvalue weighted by molar-refractivity contribution is 8.00. The van der Waals surface area contributed by atoms with Crippen LogP contribution in [0.15, 0.2) is 10.5 Å². The van der Waals surface area contributed by atoms with Crippen LogP contribution in [-0.4, -0.2) is 34.4 Å². The van der Waals surface area contributed by atoms with Gasteiger partial charge in [0.05, 0.1) is 12.1 Å². The summed E-state index contributed by atoms with van der Waals surface area (Å²) < 4.78 is 5.92. The summed E-state index contributed by atoms with van der Waals surface area (Å²) in [5.74, 6) is 7.40. The molecule has 2 heterocycles. The van der Waals surface area contributed by atoms with Gasteiger partial charge in [0.1, 0.15) is 11.5 Å². The van der Waals surface area contributed by atoms with Crippen molar-refractivity contribution in [1.82, 2.24) is 10.3 Å². The Morgan fingerprint density at radius 2 is 2.37 bits per heavy atom. The maximum Gasteiger partial charge on any atom is 0.268 e. The van der Waals surface area contributed by atoms with E-state index in [1.54, 1.807) is 13.0 Å². The first-order valence-electron chi connectivity index (χ1n) is 6.38. The predicted molar refractivity (Wildman–Crippen MR) is 76.9 cm³/mol. The van der Waals surface area contributed by atoms with Crippen molar-refractivity contribution in [2.45, 2.75) is 32.1 Å². The maximum atomic E-state index is 11.5. The Hall–Kier alpha value is -0.980. The van der Waals surface area contributed by atoms with Crippen LogP contribution in [0.3, 0.4) is 0 Å². The molecule has 0 bridgehead atoms. The van der Waals surface area contributed by atoms with E-state index in [1.807, 2.05) is 11.8 Å². The molecule has 0 radical (unpaired) electrons. The highest BCUT2D eigenvalue weighted by Crippen LogP contribution is 2.30. The second-order valence-electron chi connectivity index (χ2n) is 5.47. The number of aryl methyl sites for hydroxylation is 1. The van der Waals surface area contributed by atoms with Gasteiger partial charge >= 0.3 is 0 Å². The van der Waals surface area contributed by atoms with Crippen molar-refractivity contribution < 1.29 is 9.21 Å². The van der Waals surface area contributed by atoms with Crippen LogP contribution in [0.5, 0.6) is 0 Å². The molecule has 2 rings (SSSR count). The second kappa shape index (κ2) is 5.56. The second-order valence-corrected chi connectivity index (χ2v) is 7.28. The van der Waals surface area contributed by atoms with E-state index in [9.17, 15) is 4.79 Å². The number of nitrogen functional groups attached to an aromatic ring is 1. The number of hydrogen-bond donors (Lipinski definition) is 2. The summed E-state index contributed by atoms with van der Waals surface area (Å²) in [6, 6.07) is 1.78. The standard InChI is InChI=1S/C13H21N3O2S/c1-9-11(12(17)15-14)6-10(18-9)7-16-4-5-19-13(2,3)8-16/h6H,4-5,7-8,14H2,1-3H3,(H,15,17). The molecule has 5 nitrogen and oxygen atoms in total. The van der Waals surface area contributed by atoms with Crippen LogP contribution in [0.4, 0.5) is 0 Å². The number of furan rings is 1. The number of nitrogens with two attached hydrogens (primary N) is 1. The number of carbonyl (C=O) groups is 1. The average Bonchev–Trinajstić information content (AvgIpc) is 2.68. The normalized spacial score (nSPS) is 19.4. The Balaban J connectivity index is 2.05. The molecule has 19 heavy (non-hydrogen) atoms. The highest BCUT2D eigenvalue weighted by atomic mass is 32.2. The molecule has 0 aliphatic carbocycles. The van der Waals surface area contributed by atoms with Crippen LogP contribution >= 0.6 is 11.8 Å². The van der Waals surface area contributed by atoms with Crippen LogP contribution in [0, 0.1) is 6.92 Å². The van der Waals surface area contributed by atoms with Crippen LogP contribution in [0.25, 0.3) is 0 Å². The number of nitrogens with zero attached hydrogens (tertiary/aromatic N) is 1. The van der Waals surface area contributed by atoms with Gasteiger partial charge < -0.3 is 4.42 Å². The Labute approximate surface area is 117 Å². The Bertz CT molecular complexity index is 470. The fourth-order valence-electron chi connectivity index (χ4n) is 2.39. The Morgan fingerprint density at radius 1 is 1.63 bits per heavy atom. The molecule has 0 atom stereocenters. The molecule has 1 aromatic heterocycles. The van der Waals surface area contributed by atoms with Crippen molar-refractivity contribution >= 4 is 17.7 Å². The minimum absolute atomic E-state index is 0.275. The van der Waals surface area contributed by atoms with Gasteiger partial charge in [0.2, 0.25) is 0 Å². The molecule has 1 saturated heterocycles. The van der Waals surface area contributed by atoms with E-state index in [2.05, 4.69) is 24.2 Å².